The predicted octanol–water partition coefficient (Wildman–Crippen LogP) is 6.46. The van der Waals surface area contributed by atoms with E-state index < -0.39 is 0 Å². The summed E-state index contributed by atoms with van der Waals surface area (Å²) in [4.78, 5) is 24.7. The Hall–Kier alpha value is -2.89. The highest BCUT2D eigenvalue weighted by molar-refractivity contribution is 5.75. The van der Waals surface area contributed by atoms with E-state index in [-0.39, 0.29) is 53.7 Å². The Balaban J connectivity index is 1.35. The molecule has 5 nitrogen and oxygen atoms in total. The molecule has 0 radical (unpaired) electrons. The Kier molecular flexibility index (Phi) is 7.55. The summed E-state index contributed by atoms with van der Waals surface area (Å²) in [6.07, 6.45) is 13.0. The third-order valence-electron chi connectivity index (χ3n) is 8.99. The molecule has 3 aliphatic carbocycles. The number of carbonyl (C=O) groups is 2. The molecule has 6 heteroatoms. The topological polar surface area (TPSA) is 64.6 Å². The van der Waals surface area contributed by atoms with Crippen molar-refractivity contribution in [2.24, 2.45) is 35.5 Å². The second kappa shape index (κ2) is 10.8. The minimum atomic E-state index is -0.353. The molecule has 1 unspecified atom stereocenters. The molecule has 37 heavy (non-hydrogen) atoms. The van der Waals surface area contributed by atoms with Gasteiger partial charge in [0.25, 0.3) is 0 Å². The van der Waals surface area contributed by atoms with Crippen LogP contribution in [0, 0.1) is 41.3 Å². The fourth-order valence-corrected chi connectivity index (χ4v) is 7.39. The lowest BCUT2D eigenvalue weighted by atomic mass is 9.57. The fourth-order valence-electron chi connectivity index (χ4n) is 7.39. The third kappa shape index (κ3) is 5.39. The van der Waals surface area contributed by atoms with Crippen LogP contribution in [0.3, 0.4) is 0 Å². The highest BCUT2D eigenvalue weighted by Gasteiger charge is 2.54. The molecule has 0 bridgehead atoms. The number of cyclic esters (lactones) is 1. The predicted molar refractivity (Wildman–Crippen MR) is 141 cm³/mol. The zero-order valence-corrected chi connectivity index (χ0v) is 22.0. The Morgan fingerprint density at radius 2 is 2.05 bits per heavy atom. The number of hydrogen-bond donors (Lipinski definition) is 1. The summed E-state index contributed by atoms with van der Waals surface area (Å²) in [5.74, 6) is 1.23. The van der Waals surface area contributed by atoms with Crippen LogP contribution in [0.15, 0.2) is 54.1 Å². The number of nitrogens with one attached hydrogen (secondary N) is 1. The normalized spacial score (nSPS) is 35.2. The Morgan fingerprint density at radius 3 is 2.81 bits per heavy atom. The summed E-state index contributed by atoms with van der Waals surface area (Å²) >= 11 is 0. The first-order valence-corrected chi connectivity index (χ1v) is 13.8. The molecule has 1 aromatic carbocycles. The number of halogens is 1. The summed E-state index contributed by atoms with van der Waals surface area (Å²) in [5, 5.41) is 3.02. The number of amides is 1. The van der Waals surface area contributed by atoms with Gasteiger partial charge in [0.2, 0.25) is 0 Å². The summed E-state index contributed by atoms with van der Waals surface area (Å²) in [6.45, 7) is 6.39. The van der Waals surface area contributed by atoms with Crippen molar-refractivity contribution in [3.63, 3.8) is 0 Å². The first-order chi connectivity index (χ1) is 17.8. The van der Waals surface area contributed by atoms with Crippen molar-refractivity contribution in [3.8, 4) is 0 Å². The van der Waals surface area contributed by atoms with Crippen LogP contribution in [0.5, 0.6) is 0 Å². The van der Waals surface area contributed by atoms with Gasteiger partial charge >= 0.3 is 12.1 Å². The van der Waals surface area contributed by atoms with E-state index in [4.69, 9.17) is 9.47 Å². The van der Waals surface area contributed by atoms with Gasteiger partial charge in [-0.15, -0.1) is 0 Å². The SMILES string of the molecule is CCOC(=O)N[C@H]1CC[C@@H]2[C@@H](C1)C[C@@H]1C(=O)O[C@@H](C)[C@H]1[C@@H]2/C=C/C1=CC=C(c2cccc(F)c2)C(C)C1. The highest BCUT2D eigenvalue weighted by Crippen LogP contribution is 2.53. The van der Waals surface area contributed by atoms with Crippen molar-refractivity contribution in [3.05, 3.63) is 65.5 Å². The minimum absolute atomic E-state index is 0.0667. The number of rotatable bonds is 5. The maximum Gasteiger partial charge on any atom is 0.407 e. The van der Waals surface area contributed by atoms with Crippen LogP contribution in [0.4, 0.5) is 9.18 Å². The standard InChI is InChI=1S/C31H38FNO4/c1-4-36-31(35)33-24-10-13-26-22(16-24)17-28-29(19(3)37-30(28)34)27(26)12-9-20-8-11-25(18(2)14-20)21-6-5-7-23(32)15-21/h5-9,11-12,15,18-19,22,24,26-29H,4,10,13-14,16-17H2,1-3H3,(H,33,35)/b12-9+/t18?,19-,22-,24-,26+,27+,28-,29-/m0/s1. The molecule has 0 aromatic heterocycles. The molecular formula is C31H38FNO4. The number of benzene rings is 1. The molecule has 1 N–H and O–H groups in total. The zero-order chi connectivity index (χ0) is 26.1. The van der Waals surface area contributed by atoms with Gasteiger partial charge in [0, 0.05) is 12.0 Å². The smallest absolute Gasteiger partial charge is 0.407 e. The lowest BCUT2D eigenvalue weighted by molar-refractivity contribution is -0.144. The van der Waals surface area contributed by atoms with E-state index in [0.717, 1.165) is 43.2 Å². The van der Waals surface area contributed by atoms with E-state index in [9.17, 15) is 14.0 Å². The third-order valence-corrected chi connectivity index (χ3v) is 8.99. The lowest BCUT2D eigenvalue weighted by Gasteiger charge is -2.47. The van der Waals surface area contributed by atoms with Gasteiger partial charge in [-0.2, -0.15) is 0 Å². The maximum absolute atomic E-state index is 13.8. The monoisotopic (exact) mass is 507 g/mol. The van der Waals surface area contributed by atoms with Gasteiger partial charge < -0.3 is 14.8 Å². The van der Waals surface area contributed by atoms with Crippen molar-refractivity contribution >= 4 is 17.6 Å². The molecule has 1 aromatic rings. The van der Waals surface area contributed by atoms with E-state index in [1.165, 1.54) is 11.6 Å². The van der Waals surface area contributed by atoms with Crippen LogP contribution in [0.2, 0.25) is 0 Å². The first kappa shape index (κ1) is 25.7. The van der Waals surface area contributed by atoms with Crippen molar-refractivity contribution in [2.75, 3.05) is 6.61 Å². The van der Waals surface area contributed by atoms with Crippen molar-refractivity contribution in [2.45, 2.75) is 65.0 Å². The van der Waals surface area contributed by atoms with Gasteiger partial charge in [-0.25, -0.2) is 9.18 Å². The highest BCUT2D eigenvalue weighted by atomic mass is 19.1. The largest absolute Gasteiger partial charge is 0.462 e. The molecule has 2 saturated carbocycles. The maximum atomic E-state index is 13.8. The summed E-state index contributed by atoms with van der Waals surface area (Å²) in [6, 6.07) is 6.89. The Labute approximate surface area is 219 Å². The number of esters is 1. The van der Waals surface area contributed by atoms with E-state index >= 15 is 0 Å². The second-order valence-corrected chi connectivity index (χ2v) is 11.3. The Bertz CT molecular complexity index is 1120. The second-order valence-electron chi connectivity index (χ2n) is 11.3. The van der Waals surface area contributed by atoms with E-state index in [0.29, 0.717) is 18.4 Å². The van der Waals surface area contributed by atoms with Gasteiger partial charge in [-0.05, 0) is 98.5 Å². The molecule has 1 amide bonds. The lowest BCUT2D eigenvalue weighted by Crippen LogP contribution is -2.48. The van der Waals surface area contributed by atoms with Crippen LogP contribution >= 0.6 is 0 Å². The van der Waals surface area contributed by atoms with E-state index in [1.54, 1.807) is 12.1 Å². The minimum Gasteiger partial charge on any atom is -0.462 e. The quantitative estimate of drug-likeness (QED) is 0.465. The van der Waals surface area contributed by atoms with Gasteiger partial charge in [0.1, 0.15) is 11.9 Å². The number of alkyl carbamates (subject to hydrolysis) is 1. The number of fused-ring (bicyclic) bond motifs is 2. The fraction of sp³-hybridized carbons (Fsp3) is 0.548. The van der Waals surface area contributed by atoms with Gasteiger partial charge in [-0.1, -0.05) is 43.4 Å². The average Bonchev–Trinajstić information content (AvgIpc) is 3.14. The van der Waals surface area contributed by atoms with Gasteiger partial charge in [0.05, 0.1) is 12.5 Å². The first-order valence-electron chi connectivity index (χ1n) is 13.8. The summed E-state index contributed by atoms with van der Waals surface area (Å²) < 4.78 is 24.6. The molecule has 0 spiro atoms. The molecule has 198 valence electrons. The van der Waals surface area contributed by atoms with Gasteiger partial charge in [-0.3, -0.25) is 4.79 Å². The summed E-state index contributed by atoms with van der Waals surface area (Å²) in [7, 11) is 0. The molecule has 5 rings (SSSR count). The van der Waals surface area contributed by atoms with E-state index in [1.807, 2.05) is 19.9 Å². The number of carbonyl (C=O) groups excluding carboxylic acids is 2. The van der Waals surface area contributed by atoms with Crippen LogP contribution in [-0.2, 0) is 14.3 Å². The van der Waals surface area contributed by atoms with Crippen LogP contribution in [0.25, 0.3) is 5.57 Å². The van der Waals surface area contributed by atoms with Crippen LogP contribution in [0.1, 0.15) is 58.4 Å². The summed E-state index contributed by atoms with van der Waals surface area (Å²) in [5.41, 5.74) is 3.35. The molecule has 3 fully saturated rings. The number of hydrogen-bond acceptors (Lipinski definition) is 4. The molecule has 1 saturated heterocycles. The molecule has 4 aliphatic rings. The van der Waals surface area contributed by atoms with Crippen molar-refractivity contribution in [1.29, 1.82) is 0 Å². The average molecular weight is 508 g/mol. The van der Waals surface area contributed by atoms with Crippen molar-refractivity contribution in [1.82, 2.24) is 5.32 Å². The number of ether oxygens (including phenoxy) is 2. The Morgan fingerprint density at radius 1 is 1.22 bits per heavy atom. The molecule has 1 aliphatic heterocycles. The van der Waals surface area contributed by atoms with Crippen LogP contribution in [-0.4, -0.2) is 30.8 Å². The molecular weight excluding hydrogens is 469 g/mol. The van der Waals surface area contributed by atoms with Gasteiger partial charge in [0.15, 0.2) is 0 Å². The van der Waals surface area contributed by atoms with E-state index in [2.05, 4.69) is 36.5 Å². The molecule has 8 atom stereocenters. The van der Waals surface area contributed by atoms with Crippen LogP contribution < -0.4 is 5.32 Å². The van der Waals surface area contributed by atoms with Crippen molar-refractivity contribution < 1.29 is 23.5 Å². The zero-order valence-electron chi connectivity index (χ0n) is 22.0. The molecule has 1 heterocycles. The number of allylic oxidation sites excluding steroid dienone is 6.